The molecule has 2 nitrogen and oxygen atoms in total. The summed E-state index contributed by atoms with van der Waals surface area (Å²) in [5.41, 5.74) is 5.02. The van der Waals surface area contributed by atoms with E-state index < -0.39 is 47.0 Å². The molecule has 4 unspecified atom stereocenters. The van der Waals surface area contributed by atoms with Gasteiger partial charge in [-0.25, -0.2) is 0 Å². The quantitative estimate of drug-likeness (QED) is 0.0946. The van der Waals surface area contributed by atoms with E-state index in [0.29, 0.717) is 36.3 Å². The molecule has 394 valence electrons. The maximum atomic E-state index is 13.8. The fraction of sp³-hybridized carbons (Fsp3) is 0.400. The molecule has 2 heterocycles. The third-order valence-corrected chi connectivity index (χ3v) is 15.2. The van der Waals surface area contributed by atoms with Gasteiger partial charge in [0.05, 0.1) is 22.3 Å². The van der Waals surface area contributed by atoms with E-state index in [1.807, 2.05) is 6.07 Å². The largest absolute Gasteiger partial charge is 0.416 e. The summed E-state index contributed by atoms with van der Waals surface area (Å²) < 4.78 is 164. The minimum absolute atomic E-state index is 0.0364. The molecule has 2 aliphatic heterocycles. The van der Waals surface area contributed by atoms with Crippen molar-refractivity contribution in [2.24, 2.45) is 0 Å². The number of halogens is 12. The molecule has 0 spiro atoms. The molecule has 14 heteroatoms. The lowest BCUT2D eigenvalue weighted by Crippen LogP contribution is -2.33. The summed E-state index contributed by atoms with van der Waals surface area (Å²) in [6.45, 7) is 6.24. The minimum atomic E-state index is -4.53. The first-order valence-electron chi connectivity index (χ1n) is 25.5. The van der Waals surface area contributed by atoms with Crippen molar-refractivity contribution in [1.29, 1.82) is 0 Å². The van der Waals surface area contributed by atoms with Crippen LogP contribution in [0.25, 0.3) is 22.3 Å². The van der Waals surface area contributed by atoms with Crippen LogP contribution < -0.4 is 0 Å². The fourth-order valence-corrected chi connectivity index (χ4v) is 11.1. The molecule has 0 aliphatic carbocycles. The summed E-state index contributed by atoms with van der Waals surface area (Å²) in [4.78, 5) is 4.41. The molecule has 8 rings (SSSR count). The van der Waals surface area contributed by atoms with Crippen molar-refractivity contribution in [3.05, 3.63) is 189 Å². The number of likely N-dealkylation sites (tertiary alicyclic amines) is 2. The molecule has 4 atom stereocenters. The predicted molar refractivity (Wildman–Crippen MR) is 266 cm³/mol. The van der Waals surface area contributed by atoms with Crippen LogP contribution in [0.2, 0.25) is 0 Å². The Morgan fingerprint density at radius 3 is 1.38 bits per heavy atom. The normalized spacial score (nSPS) is 18.4. The van der Waals surface area contributed by atoms with Gasteiger partial charge in [0.1, 0.15) is 0 Å². The Hall–Kier alpha value is -5.60. The second-order valence-electron chi connectivity index (χ2n) is 20.1. The van der Waals surface area contributed by atoms with Gasteiger partial charge in [-0.15, -0.1) is 0 Å². The van der Waals surface area contributed by atoms with E-state index in [0.717, 1.165) is 146 Å². The van der Waals surface area contributed by atoms with Gasteiger partial charge >= 0.3 is 24.7 Å². The highest BCUT2D eigenvalue weighted by Gasteiger charge is 2.35. The molecule has 2 fully saturated rings. The topological polar surface area (TPSA) is 6.48 Å². The van der Waals surface area contributed by atoms with Crippen molar-refractivity contribution < 1.29 is 52.7 Å². The number of hydrogen-bond acceptors (Lipinski definition) is 2. The van der Waals surface area contributed by atoms with Gasteiger partial charge in [0.25, 0.3) is 0 Å². The third-order valence-electron chi connectivity index (χ3n) is 15.2. The van der Waals surface area contributed by atoms with Gasteiger partial charge in [-0.05, 0) is 168 Å². The lowest BCUT2D eigenvalue weighted by Gasteiger charge is -2.37. The molecule has 0 amide bonds. The summed E-state index contributed by atoms with van der Waals surface area (Å²) in [6.07, 6.45) is -9.78. The summed E-state index contributed by atoms with van der Waals surface area (Å²) in [7, 11) is 0. The number of benzene rings is 6. The molecule has 0 aromatic heterocycles. The first-order chi connectivity index (χ1) is 35.1. The highest BCUT2D eigenvalue weighted by atomic mass is 19.4. The maximum Gasteiger partial charge on any atom is 0.416 e. The summed E-state index contributed by atoms with van der Waals surface area (Å²) in [6, 6.07) is 32.9. The highest BCUT2D eigenvalue weighted by molar-refractivity contribution is 5.71. The highest BCUT2D eigenvalue weighted by Crippen LogP contribution is 2.44. The summed E-state index contributed by atoms with van der Waals surface area (Å²) >= 11 is 0. The van der Waals surface area contributed by atoms with Crippen LogP contribution in [0.15, 0.2) is 133 Å². The van der Waals surface area contributed by atoms with Gasteiger partial charge in [-0.1, -0.05) is 124 Å². The van der Waals surface area contributed by atoms with Gasteiger partial charge < -0.3 is 0 Å². The van der Waals surface area contributed by atoms with Crippen LogP contribution in [-0.2, 0) is 37.8 Å². The average Bonchev–Trinajstić information content (AvgIpc) is 3.37. The Balaban J connectivity index is 1.04. The molecule has 6 aromatic rings. The molecule has 0 radical (unpaired) electrons. The van der Waals surface area contributed by atoms with E-state index in [9.17, 15) is 52.7 Å². The molecule has 0 bridgehead atoms. The Labute approximate surface area is 425 Å². The monoisotopic (exact) mass is 1040 g/mol. The predicted octanol–water partition coefficient (Wildman–Crippen LogP) is 19.0. The van der Waals surface area contributed by atoms with Crippen molar-refractivity contribution in [3.63, 3.8) is 0 Å². The van der Waals surface area contributed by atoms with Crippen molar-refractivity contribution in [2.75, 3.05) is 13.1 Å². The van der Waals surface area contributed by atoms with E-state index >= 15 is 0 Å². The van der Waals surface area contributed by atoms with Crippen LogP contribution in [0.5, 0.6) is 0 Å². The van der Waals surface area contributed by atoms with Gasteiger partial charge in [0.2, 0.25) is 0 Å². The zero-order valence-corrected chi connectivity index (χ0v) is 41.3. The number of hydrogen-bond donors (Lipinski definition) is 0. The van der Waals surface area contributed by atoms with Crippen molar-refractivity contribution in [1.82, 2.24) is 9.80 Å². The van der Waals surface area contributed by atoms with Gasteiger partial charge in [-0.2, -0.15) is 52.7 Å². The number of alkyl halides is 12. The van der Waals surface area contributed by atoms with Crippen molar-refractivity contribution in [2.45, 2.75) is 140 Å². The molecule has 0 saturated carbocycles. The maximum absolute atomic E-state index is 13.8. The van der Waals surface area contributed by atoms with E-state index in [-0.39, 0.29) is 30.5 Å². The Bertz CT molecular complexity index is 2790. The second-order valence-corrected chi connectivity index (χ2v) is 20.1. The molecule has 74 heavy (non-hydrogen) atoms. The Morgan fingerprint density at radius 2 is 0.905 bits per heavy atom. The SMILES string of the molecule is CCC(CCCC(C)c1ccc(C2CCCCN2Cc2cccc(C(F)(F)F)c2)c(-c2ccc(C(F)(F)F)cc2)c1)c1ccc(C2CCCCN2Cc2ccc(C(F)(F)F)cc2)c(-c2ccc(C(F)(F)F)cc2)c1. The lowest BCUT2D eigenvalue weighted by molar-refractivity contribution is -0.138. The van der Waals surface area contributed by atoms with Crippen molar-refractivity contribution in [3.8, 4) is 22.3 Å². The van der Waals surface area contributed by atoms with Crippen molar-refractivity contribution >= 4 is 0 Å². The lowest BCUT2D eigenvalue weighted by atomic mass is 9.82. The van der Waals surface area contributed by atoms with E-state index in [4.69, 9.17) is 0 Å². The Morgan fingerprint density at radius 1 is 0.459 bits per heavy atom. The summed E-state index contributed by atoms with van der Waals surface area (Å²) in [5.74, 6) is 0.132. The first kappa shape index (κ1) is 54.7. The molecule has 2 aliphatic rings. The number of rotatable bonds is 15. The standard InChI is InChI=1S/C60H60F12N2/c1-3-42(46-23-31-52(54(36-46)44-20-28-49(29-21-44)59(67,68)69)55-14-4-6-32-73(55)37-40-16-24-47(25-17-40)57(61,62)63)12-8-10-39(2)45-22-30-51(53(35-45)43-18-26-48(27-19-43)58(64,65)66)56-15-5-7-33-74(56)38-41-11-9-13-50(34-41)60(70,71)72/h9,11,13,16-31,34-36,39,42,55-56H,3-8,10,12,14-15,32-33,37-38H2,1-2H3. The molecule has 0 N–H and O–H groups in total. The number of piperidine rings is 2. The van der Waals surface area contributed by atoms with Crippen LogP contribution in [0.3, 0.4) is 0 Å². The molecule has 2 saturated heterocycles. The molecule has 6 aromatic carbocycles. The average molecular weight is 1040 g/mol. The zero-order chi connectivity index (χ0) is 53.0. The minimum Gasteiger partial charge on any atom is -0.292 e. The third kappa shape index (κ3) is 13.3. The van der Waals surface area contributed by atoms with Crippen LogP contribution in [0.4, 0.5) is 52.7 Å². The van der Waals surface area contributed by atoms with E-state index in [2.05, 4.69) is 54.0 Å². The molecular weight excluding hydrogens is 977 g/mol. The smallest absolute Gasteiger partial charge is 0.292 e. The fourth-order valence-electron chi connectivity index (χ4n) is 11.1. The summed E-state index contributed by atoms with van der Waals surface area (Å²) in [5, 5.41) is 0. The van der Waals surface area contributed by atoms with Crippen LogP contribution in [-0.4, -0.2) is 22.9 Å². The van der Waals surface area contributed by atoms with Crippen LogP contribution in [0.1, 0.15) is 158 Å². The van der Waals surface area contributed by atoms with Gasteiger partial charge in [0.15, 0.2) is 0 Å². The molecular formula is C60H60F12N2. The van der Waals surface area contributed by atoms with Gasteiger partial charge in [0, 0.05) is 25.2 Å². The number of nitrogens with zero attached hydrogens (tertiary/aromatic N) is 2. The van der Waals surface area contributed by atoms with Gasteiger partial charge in [-0.3, -0.25) is 9.80 Å². The van der Waals surface area contributed by atoms with Crippen LogP contribution in [0, 0.1) is 0 Å². The van der Waals surface area contributed by atoms with E-state index in [1.54, 1.807) is 6.07 Å². The first-order valence-corrected chi connectivity index (χ1v) is 25.5. The zero-order valence-electron chi connectivity index (χ0n) is 41.3. The Kier molecular flexibility index (Phi) is 16.8. The second kappa shape index (κ2) is 22.7. The van der Waals surface area contributed by atoms with Crippen LogP contribution >= 0.6 is 0 Å². The van der Waals surface area contributed by atoms with E-state index in [1.165, 1.54) is 48.5 Å².